The van der Waals surface area contributed by atoms with Gasteiger partial charge in [0.05, 0.1) is 5.52 Å². The Hall–Kier alpha value is -1.83. The van der Waals surface area contributed by atoms with E-state index in [1.54, 1.807) is 0 Å². The largest absolute Gasteiger partial charge is 0.328 e. The lowest BCUT2D eigenvalue weighted by molar-refractivity contribution is 0.989. The lowest BCUT2D eigenvalue weighted by atomic mass is 10.1. The zero-order valence-corrected chi connectivity index (χ0v) is 12.9. The van der Waals surface area contributed by atoms with Gasteiger partial charge in [-0.15, -0.1) is 0 Å². The van der Waals surface area contributed by atoms with E-state index in [1.165, 1.54) is 21.9 Å². The fourth-order valence-corrected chi connectivity index (χ4v) is 2.15. The Labute approximate surface area is 116 Å². The smallest absolute Gasteiger partial charge is 0.140 e. The van der Waals surface area contributed by atoms with Crippen LogP contribution >= 0.6 is 0 Å². The monoisotopic (exact) mass is 256 g/mol. The molecule has 0 fully saturated rings. The first-order chi connectivity index (χ1) is 9.27. The quantitative estimate of drug-likeness (QED) is 0.548. The van der Waals surface area contributed by atoms with Crippen molar-refractivity contribution >= 4 is 21.9 Å². The zero-order chi connectivity index (χ0) is 14.4. The van der Waals surface area contributed by atoms with Crippen molar-refractivity contribution in [2.75, 3.05) is 0 Å². The van der Waals surface area contributed by atoms with Gasteiger partial charge in [-0.2, -0.15) is 0 Å². The first-order valence-corrected chi connectivity index (χ1v) is 7.07. The molecule has 102 valence electrons. The Bertz CT molecular complexity index is 651. The van der Waals surface area contributed by atoms with Crippen molar-refractivity contribution in [3.05, 3.63) is 42.1 Å². The molecule has 0 saturated carbocycles. The molecule has 2 heteroatoms. The summed E-state index contributed by atoms with van der Waals surface area (Å²) >= 11 is 0. The highest BCUT2D eigenvalue weighted by Gasteiger charge is 2.07. The van der Waals surface area contributed by atoms with E-state index in [-0.39, 0.29) is 0 Å². The van der Waals surface area contributed by atoms with Gasteiger partial charge in [0.25, 0.3) is 0 Å². The van der Waals surface area contributed by atoms with Crippen LogP contribution in [0.25, 0.3) is 21.9 Å². The SMILES string of the molecule is CC.CC.Cc1ccc2c(c1)c1cccnc1n2C. The second-order valence-corrected chi connectivity index (χ2v) is 3.95. The van der Waals surface area contributed by atoms with Crippen molar-refractivity contribution < 1.29 is 0 Å². The van der Waals surface area contributed by atoms with Crippen LogP contribution in [0.3, 0.4) is 0 Å². The van der Waals surface area contributed by atoms with Crippen LogP contribution in [0.15, 0.2) is 36.5 Å². The maximum Gasteiger partial charge on any atom is 0.140 e. The van der Waals surface area contributed by atoms with Crippen LogP contribution in [0.2, 0.25) is 0 Å². The molecule has 0 radical (unpaired) electrons. The van der Waals surface area contributed by atoms with Crippen molar-refractivity contribution in [3.8, 4) is 0 Å². The van der Waals surface area contributed by atoms with Crippen LogP contribution in [-0.2, 0) is 7.05 Å². The highest BCUT2D eigenvalue weighted by atomic mass is 15.0. The standard InChI is InChI=1S/C13H12N2.2C2H6/c1-9-5-6-12-11(8-9)10-4-3-7-14-13(10)15(12)2;2*1-2/h3-8H,1-2H3;2*1-2H3. The molecule has 0 N–H and O–H groups in total. The molecule has 19 heavy (non-hydrogen) atoms. The number of hydrogen-bond donors (Lipinski definition) is 0. The highest BCUT2D eigenvalue weighted by molar-refractivity contribution is 6.06. The average molecular weight is 256 g/mol. The van der Waals surface area contributed by atoms with E-state index in [0.717, 1.165) is 5.65 Å². The molecule has 0 unspecified atom stereocenters. The average Bonchev–Trinajstić information content (AvgIpc) is 2.77. The predicted molar refractivity (Wildman–Crippen MR) is 85.7 cm³/mol. The minimum absolute atomic E-state index is 1.05. The first kappa shape index (κ1) is 15.2. The third-order valence-corrected chi connectivity index (χ3v) is 2.91. The molecular formula is C17H24N2. The van der Waals surface area contributed by atoms with Gasteiger partial charge in [-0.3, -0.25) is 0 Å². The van der Waals surface area contributed by atoms with Crippen LogP contribution in [0.5, 0.6) is 0 Å². The van der Waals surface area contributed by atoms with Crippen molar-refractivity contribution in [2.45, 2.75) is 34.6 Å². The molecule has 2 heterocycles. The lowest BCUT2D eigenvalue weighted by Gasteiger charge is -1.96. The van der Waals surface area contributed by atoms with Crippen LogP contribution in [-0.4, -0.2) is 9.55 Å². The number of aromatic nitrogens is 2. The molecule has 1 aromatic carbocycles. The van der Waals surface area contributed by atoms with E-state index in [1.807, 2.05) is 40.0 Å². The number of pyridine rings is 1. The third kappa shape index (κ3) is 2.78. The lowest BCUT2D eigenvalue weighted by Crippen LogP contribution is -1.88. The molecule has 3 aromatic rings. The molecule has 2 nitrogen and oxygen atoms in total. The van der Waals surface area contributed by atoms with Gasteiger partial charge < -0.3 is 4.57 Å². The molecule has 0 spiro atoms. The van der Waals surface area contributed by atoms with Crippen LogP contribution in [0.1, 0.15) is 33.3 Å². The number of hydrogen-bond acceptors (Lipinski definition) is 1. The van der Waals surface area contributed by atoms with Crippen LogP contribution in [0.4, 0.5) is 0 Å². The molecule has 2 aromatic heterocycles. The predicted octanol–water partition coefficient (Wildman–Crippen LogP) is 5.09. The minimum Gasteiger partial charge on any atom is -0.328 e. The Morgan fingerprint density at radius 1 is 0.947 bits per heavy atom. The maximum absolute atomic E-state index is 4.41. The number of aryl methyl sites for hydroxylation is 2. The summed E-state index contributed by atoms with van der Waals surface area (Å²) < 4.78 is 2.14. The van der Waals surface area contributed by atoms with Crippen LogP contribution < -0.4 is 0 Å². The summed E-state index contributed by atoms with van der Waals surface area (Å²) in [6, 6.07) is 10.6. The summed E-state index contributed by atoms with van der Waals surface area (Å²) in [5.41, 5.74) is 3.59. The van der Waals surface area contributed by atoms with Gasteiger partial charge in [0.15, 0.2) is 0 Å². The van der Waals surface area contributed by atoms with Crippen molar-refractivity contribution in [1.29, 1.82) is 0 Å². The minimum atomic E-state index is 1.05. The third-order valence-electron chi connectivity index (χ3n) is 2.91. The Morgan fingerprint density at radius 2 is 1.63 bits per heavy atom. The normalized spacial score (nSPS) is 9.58. The number of benzene rings is 1. The molecule has 0 amide bonds. The summed E-state index contributed by atoms with van der Waals surface area (Å²) in [5, 5.41) is 2.53. The van der Waals surface area contributed by atoms with E-state index >= 15 is 0 Å². The van der Waals surface area contributed by atoms with Gasteiger partial charge in [-0.1, -0.05) is 39.3 Å². The summed E-state index contributed by atoms with van der Waals surface area (Å²) in [7, 11) is 2.06. The van der Waals surface area contributed by atoms with Crippen LogP contribution in [0, 0.1) is 6.92 Å². The number of rotatable bonds is 0. The van der Waals surface area contributed by atoms with Crippen molar-refractivity contribution in [2.24, 2.45) is 7.05 Å². The second kappa shape index (κ2) is 6.93. The summed E-state index contributed by atoms with van der Waals surface area (Å²) in [5.74, 6) is 0. The summed E-state index contributed by atoms with van der Waals surface area (Å²) in [6.07, 6.45) is 1.84. The van der Waals surface area contributed by atoms with Gasteiger partial charge in [0, 0.05) is 24.0 Å². The topological polar surface area (TPSA) is 17.8 Å². The molecular weight excluding hydrogens is 232 g/mol. The van der Waals surface area contributed by atoms with E-state index < -0.39 is 0 Å². The highest BCUT2D eigenvalue weighted by Crippen LogP contribution is 2.26. The molecule has 0 aliphatic rings. The van der Waals surface area contributed by atoms with E-state index in [9.17, 15) is 0 Å². The second-order valence-electron chi connectivity index (χ2n) is 3.95. The fourth-order valence-electron chi connectivity index (χ4n) is 2.15. The molecule has 0 aliphatic heterocycles. The Balaban J connectivity index is 0.000000415. The molecule has 0 aliphatic carbocycles. The van der Waals surface area contributed by atoms with Crippen molar-refractivity contribution in [1.82, 2.24) is 9.55 Å². The van der Waals surface area contributed by atoms with Crippen molar-refractivity contribution in [3.63, 3.8) is 0 Å². The van der Waals surface area contributed by atoms with E-state index in [2.05, 4.69) is 47.8 Å². The van der Waals surface area contributed by atoms with Gasteiger partial charge in [0.1, 0.15) is 5.65 Å². The Kier molecular flexibility index (Phi) is 5.56. The fraction of sp³-hybridized carbons (Fsp3) is 0.353. The summed E-state index contributed by atoms with van der Waals surface area (Å²) in [4.78, 5) is 4.41. The zero-order valence-electron chi connectivity index (χ0n) is 12.9. The Morgan fingerprint density at radius 3 is 2.32 bits per heavy atom. The van der Waals surface area contributed by atoms with Gasteiger partial charge >= 0.3 is 0 Å². The molecule has 0 atom stereocenters. The number of nitrogens with zero attached hydrogens (tertiary/aromatic N) is 2. The number of fused-ring (bicyclic) bond motifs is 3. The maximum atomic E-state index is 4.41. The van der Waals surface area contributed by atoms with E-state index in [0.29, 0.717) is 0 Å². The summed E-state index contributed by atoms with van der Waals surface area (Å²) in [6.45, 7) is 10.1. The van der Waals surface area contributed by atoms with E-state index in [4.69, 9.17) is 0 Å². The van der Waals surface area contributed by atoms with Gasteiger partial charge in [-0.05, 0) is 31.2 Å². The first-order valence-electron chi connectivity index (χ1n) is 7.07. The molecule has 0 bridgehead atoms. The van der Waals surface area contributed by atoms with Gasteiger partial charge in [0.2, 0.25) is 0 Å². The van der Waals surface area contributed by atoms with Gasteiger partial charge in [-0.25, -0.2) is 4.98 Å². The molecule has 3 rings (SSSR count). The molecule has 0 saturated heterocycles.